The maximum absolute atomic E-state index is 12.3. The van der Waals surface area contributed by atoms with Crippen LogP contribution in [0.2, 0.25) is 0 Å². The lowest BCUT2D eigenvalue weighted by Crippen LogP contribution is -2.57. The topological polar surface area (TPSA) is 52.6 Å². The highest BCUT2D eigenvalue weighted by atomic mass is 16.7. The van der Waals surface area contributed by atoms with E-state index >= 15 is 0 Å². The molecule has 1 aliphatic heterocycles. The van der Waals surface area contributed by atoms with Gasteiger partial charge in [-0.25, -0.2) is 0 Å². The molecule has 26 heavy (non-hydrogen) atoms. The van der Waals surface area contributed by atoms with Crippen molar-refractivity contribution in [2.45, 2.75) is 71.0 Å². The van der Waals surface area contributed by atoms with Gasteiger partial charge in [-0.15, -0.1) is 0 Å². The first kappa shape index (κ1) is 17.4. The smallest absolute Gasteiger partial charge is 0.174 e. The molecule has 7 atom stereocenters. The van der Waals surface area contributed by atoms with E-state index in [1.54, 1.807) is 0 Å². The van der Waals surface area contributed by atoms with E-state index in [1.807, 2.05) is 0 Å². The summed E-state index contributed by atoms with van der Waals surface area (Å²) in [6.07, 6.45) is 9.30. The van der Waals surface area contributed by atoms with E-state index in [2.05, 4.69) is 13.8 Å². The largest absolute Gasteiger partial charge is 0.347 e. The van der Waals surface area contributed by atoms with Crippen LogP contribution in [0.5, 0.6) is 0 Å². The Morgan fingerprint density at radius 1 is 1.00 bits per heavy atom. The third-order valence-corrected chi connectivity index (χ3v) is 9.55. The zero-order chi connectivity index (χ0) is 18.2. The molecule has 0 aromatic heterocycles. The van der Waals surface area contributed by atoms with E-state index in [1.165, 1.54) is 19.3 Å². The highest BCUT2D eigenvalue weighted by Crippen LogP contribution is 2.69. The van der Waals surface area contributed by atoms with E-state index in [4.69, 9.17) is 9.47 Å². The molecule has 0 aromatic rings. The quantitative estimate of drug-likeness (QED) is 0.528. The maximum atomic E-state index is 12.3. The lowest BCUT2D eigenvalue weighted by Gasteiger charge is -2.61. The Labute approximate surface area is 156 Å². The third-order valence-electron chi connectivity index (χ3n) is 9.55. The molecule has 0 N–H and O–H groups in total. The van der Waals surface area contributed by atoms with Crippen LogP contribution in [0.4, 0.5) is 0 Å². The highest BCUT2D eigenvalue weighted by Gasteiger charge is 2.67. The molecule has 0 radical (unpaired) electrons. The minimum Gasteiger partial charge on any atom is -0.347 e. The Morgan fingerprint density at radius 2 is 1.73 bits per heavy atom. The second-order valence-corrected chi connectivity index (χ2v) is 10.2. The molecule has 4 aliphatic carbocycles. The number of ketones is 1. The summed E-state index contributed by atoms with van der Waals surface area (Å²) < 4.78 is 12.4. The number of ether oxygens (including phenoxy) is 2. The molecule has 4 nitrogen and oxygen atoms in total. The second kappa shape index (κ2) is 5.64. The van der Waals surface area contributed by atoms with Crippen LogP contribution in [-0.2, 0) is 19.1 Å². The van der Waals surface area contributed by atoms with Gasteiger partial charge in [0.25, 0.3) is 0 Å². The minimum absolute atomic E-state index is 0.127. The number of hydrogen-bond acceptors (Lipinski definition) is 4. The SMILES string of the molecule is C[C@]12CC(C=O)C(=O)C[C@@H]1CC[C@@H]1[C@@H]2CC[C@@]2(C)[C@H]1CCC21OCCO1. The molecule has 0 amide bonds. The Hall–Kier alpha value is -0.740. The molecule has 5 aliphatic rings. The summed E-state index contributed by atoms with van der Waals surface area (Å²) in [4.78, 5) is 23.8. The first-order valence-corrected chi connectivity index (χ1v) is 10.7. The van der Waals surface area contributed by atoms with E-state index in [0.29, 0.717) is 30.1 Å². The fraction of sp³-hybridized carbons (Fsp3) is 0.909. The second-order valence-electron chi connectivity index (χ2n) is 10.2. The number of carbonyl (C=O) groups excluding carboxylic acids is 2. The van der Waals surface area contributed by atoms with Crippen LogP contribution in [0.3, 0.4) is 0 Å². The van der Waals surface area contributed by atoms with Gasteiger partial charge in [-0.05, 0) is 67.6 Å². The van der Waals surface area contributed by atoms with E-state index < -0.39 is 0 Å². The predicted molar refractivity (Wildman–Crippen MR) is 96.3 cm³/mol. The molecule has 1 spiro atoms. The predicted octanol–water partition coefficient (Wildman–Crippen LogP) is 3.77. The molecule has 1 saturated heterocycles. The molecular weight excluding hydrogens is 328 g/mol. The van der Waals surface area contributed by atoms with Crippen molar-refractivity contribution in [3.8, 4) is 0 Å². The Morgan fingerprint density at radius 3 is 2.46 bits per heavy atom. The van der Waals surface area contributed by atoms with Gasteiger partial charge < -0.3 is 14.3 Å². The first-order valence-electron chi connectivity index (χ1n) is 10.7. The number of carbonyl (C=O) groups is 2. The first-order chi connectivity index (χ1) is 12.4. The zero-order valence-electron chi connectivity index (χ0n) is 16.2. The Kier molecular flexibility index (Phi) is 3.76. The average Bonchev–Trinajstić information content (AvgIpc) is 3.22. The molecule has 1 unspecified atom stereocenters. The molecule has 0 bridgehead atoms. The van der Waals surface area contributed by atoms with Gasteiger partial charge in [-0.3, -0.25) is 4.79 Å². The fourth-order valence-corrected chi connectivity index (χ4v) is 8.18. The van der Waals surface area contributed by atoms with Gasteiger partial charge in [-0.2, -0.15) is 0 Å². The van der Waals surface area contributed by atoms with Gasteiger partial charge in [0.15, 0.2) is 5.79 Å². The van der Waals surface area contributed by atoms with Crippen LogP contribution in [0, 0.1) is 40.4 Å². The van der Waals surface area contributed by atoms with Crippen molar-refractivity contribution in [2.24, 2.45) is 40.4 Å². The van der Waals surface area contributed by atoms with Gasteiger partial charge in [0, 0.05) is 18.3 Å². The van der Waals surface area contributed by atoms with Gasteiger partial charge in [0.05, 0.1) is 19.1 Å². The Balaban J connectivity index is 1.46. The van der Waals surface area contributed by atoms with E-state index in [-0.39, 0.29) is 28.3 Å². The van der Waals surface area contributed by atoms with Gasteiger partial charge in [0.2, 0.25) is 0 Å². The van der Waals surface area contributed by atoms with Crippen LogP contribution >= 0.6 is 0 Å². The third kappa shape index (κ3) is 2.03. The number of hydrogen-bond donors (Lipinski definition) is 0. The van der Waals surface area contributed by atoms with Crippen LogP contribution in [0.25, 0.3) is 0 Å². The molecule has 5 rings (SSSR count). The number of rotatable bonds is 1. The van der Waals surface area contributed by atoms with Crippen molar-refractivity contribution < 1.29 is 19.1 Å². The van der Waals surface area contributed by atoms with Crippen molar-refractivity contribution in [1.29, 1.82) is 0 Å². The van der Waals surface area contributed by atoms with Crippen LogP contribution in [0.15, 0.2) is 0 Å². The van der Waals surface area contributed by atoms with E-state index in [0.717, 1.165) is 45.2 Å². The number of Topliss-reactive ketones (excluding diaryl/α,β-unsaturated/α-hetero) is 1. The maximum Gasteiger partial charge on any atom is 0.174 e. The molecule has 4 saturated carbocycles. The summed E-state index contributed by atoms with van der Waals surface area (Å²) in [5, 5.41) is 0. The summed E-state index contributed by atoms with van der Waals surface area (Å²) >= 11 is 0. The average molecular weight is 360 g/mol. The summed E-state index contributed by atoms with van der Waals surface area (Å²) in [5.41, 5.74) is 0.277. The number of aldehydes is 1. The Bertz CT molecular complexity index is 624. The lowest BCUT2D eigenvalue weighted by atomic mass is 9.44. The number of fused-ring (bicyclic) bond motifs is 6. The summed E-state index contributed by atoms with van der Waals surface area (Å²) in [6.45, 7) is 6.28. The van der Waals surface area contributed by atoms with Crippen molar-refractivity contribution in [3.63, 3.8) is 0 Å². The van der Waals surface area contributed by atoms with Crippen LogP contribution in [-0.4, -0.2) is 31.1 Å². The standard InChI is InChI=1S/C22H32O4/c1-20-12-14(13-23)19(24)11-15(20)3-4-16-17(20)5-7-21(2)18(16)6-8-22(21)25-9-10-26-22/h13-18H,3-12H2,1-2H3/t14?,15-,16+,17-,18-,20-,21-/m0/s1. The lowest BCUT2D eigenvalue weighted by molar-refractivity contribution is -0.247. The normalized spacial score (nSPS) is 52.4. The van der Waals surface area contributed by atoms with Crippen molar-refractivity contribution >= 4 is 12.1 Å². The summed E-state index contributed by atoms with van der Waals surface area (Å²) in [7, 11) is 0. The molecule has 1 heterocycles. The molecule has 144 valence electrons. The van der Waals surface area contributed by atoms with Crippen molar-refractivity contribution in [3.05, 3.63) is 0 Å². The monoisotopic (exact) mass is 360 g/mol. The summed E-state index contributed by atoms with van der Waals surface area (Å²) in [5.74, 6) is 1.97. The van der Waals surface area contributed by atoms with Crippen molar-refractivity contribution in [2.75, 3.05) is 13.2 Å². The summed E-state index contributed by atoms with van der Waals surface area (Å²) in [6, 6.07) is 0. The molecule has 5 fully saturated rings. The van der Waals surface area contributed by atoms with E-state index in [9.17, 15) is 9.59 Å². The van der Waals surface area contributed by atoms with Crippen LogP contribution < -0.4 is 0 Å². The molecule has 4 heteroatoms. The fourth-order valence-electron chi connectivity index (χ4n) is 8.18. The van der Waals surface area contributed by atoms with Crippen molar-refractivity contribution in [1.82, 2.24) is 0 Å². The van der Waals surface area contributed by atoms with Crippen LogP contribution in [0.1, 0.15) is 65.2 Å². The minimum atomic E-state index is -0.361. The van der Waals surface area contributed by atoms with Gasteiger partial charge >= 0.3 is 0 Å². The van der Waals surface area contributed by atoms with Gasteiger partial charge in [-0.1, -0.05) is 13.8 Å². The molecule has 0 aromatic carbocycles. The van der Waals surface area contributed by atoms with Gasteiger partial charge in [0.1, 0.15) is 12.1 Å². The molecular formula is C22H32O4. The highest BCUT2D eigenvalue weighted by molar-refractivity contribution is 5.94. The zero-order valence-corrected chi connectivity index (χ0v) is 16.2.